The van der Waals surface area contributed by atoms with Crippen LogP contribution >= 0.6 is 0 Å². The molecule has 0 spiro atoms. The van der Waals surface area contributed by atoms with Gasteiger partial charge in [-0.05, 0) is 62.8 Å². The van der Waals surface area contributed by atoms with Gasteiger partial charge in [0, 0.05) is 19.3 Å². The minimum Gasteiger partial charge on any atom is -0.444 e. The number of nitrogens with one attached hydrogen (secondary N) is 2. The Morgan fingerprint density at radius 2 is 1.54 bits per heavy atom. The number of hydrogen-bond donors (Lipinski definition) is 3. The van der Waals surface area contributed by atoms with Crippen LogP contribution < -0.4 is 10.6 Å². The van der Waals surface area contributed by atoms with Gasteiger partial charge in [-0.15, -0.1) is 0 Å². The SMILES string of the molecule is CC(C)CN(C[C@@H](O)[C@H](Cc1ccccc1)NC(=O)[C@H](CCS(C)(=O)=O)NC(=O)OC(C)(C)C)S(=O)(=O)c1ccc(CN=O)cc1. The Labute approximate surface area is 272 Å². The van der Waals surface area contributed by atoms with Gasteiger partial charge in [0.1, 0.15) is 28.0 Å². The van der Waals surface area contributed by atoms with Crippen molar-refractivity contribution in [3.8, 4) is 0 Å². The molecule has 2 aromatic carbocycles. The van der Waals surface area contributed by atoms with E-state index in [0.717, 1.165) is 16.1 Å². The van der Waals surface area contributed by atoms with Crippen molar-refractivity contribution in [1.29, 1.82) is 0 Å². The average molecular weight is 683 g/mol. The summed E-state index contributed by atoms with van der Waals surface area (Å²) in [5, 5.41) is 19.5. The van der Waals surface area contributed by atoms with E-state index in [1.54, 1.807) is 51.1 Å². The molecule has 0 saturated heterocycles. The zero-order valence-corrected chi connectivity index (χ0v) is 28.8. The smallest absolute Gasteiger partial charge is 0.408 e. The second-order valence-corrected chi connectivity index (χ2v) is 16.8. The first-order valence-electron chi connectivity index (χ1n) is 14.9. The molecule has 0 saturated carbocycles. The van der Waals surface area contributed by atoms with Crippen LogP contribution in [-0.2, 0) is 42.4 Å². The lowest BCUT2D eigenvalue weighted by atomic mass is 10.00. The Hall–Kier alpha value is -3.40. The number of alkyl carbamates (subject to hydrolysis) is 1. The van der Waals surface area contributed by atoms with Crippen molar-refractivity contribution in [1.82, 2.24) is 14.9 Å². The Morgan fingerprint density at radius 3 is 2.07 bits per heavy atom. The summed E-state index contributed by atoms with van der Waals surface area (Å²) in [4.78, 5) is 36.7. The number of rotatable bonds is 17. The van der Waals surface area contributed by atoms with Crippen LogP contribution in [0.1, 0.15) is 52.2 Å². The molecule has 13 nitrogen and oxygen atoms in total. The number of aliphatic hydroxyl groups is 1. The summed E-state index contributed by atoms with van der Waals surface area (Å²) < 4.78 is 57.7. The van der Waals surface area contributed by atoms with Crippen LogP contribution in [0.2, 0.25) is 0 Å². The van der Waals surface area contributed by atoms with Gasteiger partial charge in [0.05, 0.1) is 22.8 Å². The predicted octanol–water partition coefficient (Wildman–Crippen LogP) is 3.02. The van der Waals surface area contributed by atoms with Gasteiger partial charge in [-0.1, -0.05) is 61.5 Å². The minimum absolute atomic E-state index is 0.0407. The van der Waals surface area contributed by atoms with E-state index in [-0.39, 0.29) is 43.3 Å². The van der Waals surface area contributed by atoms with Gasteiger partial charge in [-0.25, -0.2) is 21.6 Å². The van der Waals surface area contributed by atoms with Crippen molar-refractivity contribution in [3.63, 3.8) is 0 Å². The second kappa shape index (κ2) is 17.0. The van der Waals surface area contributed by atoms with E-state index < -0.39 is 61.4 Å². The van der Waals surface area contributed by atoms with Crippen LogP contribution in [0.15, 0.2) is 64.7 Å². The number of nitrogens with zero attached hydrogens (tertiary/aromatic N) is 2. The summed E-state index contributed by atoms with van der Waals surface area (Å²) in [6, 6.07) is 12.3. The number of ether oxygens (including phenoxy) is 1. The van der Waals surface area contributed by atoms with Crippen molar-refractivity contribution >= 4 is 31.9 Å². The van der Waals surface area contributed by atoms with Gasteiger partial charge in [0.25, 0.3) is 0 Å². The van der Waals surface area contributed by atoms with Gasteiger partial charge < -0.3 is 20.5 Å². The molecule has 0 radical (unpaired) electrons. The monoisotopic (exact) mass is 682 g/mol. The molecule has 3 atom stereocenters. The molecule has 0 heterocycles. The maximum Gasteiger partial charge on any atom is 0.408 e. The van der Waals surface area contributed by atoms with E-state index in [1.165, 1.54) is 24.3 Å². The summed E-state index contributed by atoms with van der Waals surface area (Å²) in [6.45, 7) is 8.12. The molecule has 2 amide bonds. The van der Waals surface area contributed by atoms with Crippen molar-refractivity contribution in [3.05, 3.63) is 70.6 Å². The highest BCUT2D eigenvalue weighted by Gasteiger charge is 2.33. The number of amides is 2. The third-order valence-corrected chi connectivity index (χ3v) is 9.47. The first-order valence-corrected chi connectivity index (χ1v) is 18.4. The topological polar surface area (TPSA) is 189 Å². The van der Waals surface area contributed by atoms with Crippen LogP contribution in [0.5, 0.6) is 0 Å². The summed E-state index contributed by atoms with van der Waals surface area (Å²) in [7, 11) is -7.63. The third-order valence-electron chi connectivity index (χ3n) is 6.64. The first kappa shape index (κ1) is 38.8. The maximum atomic E-state index is 13.7. The number of aliphatic hydroxyl groups excluding tert-OH is 1. The molecule has 2 aromatic rings. The maximum absolute atomic E-state index is 13.7. The zero-order chi connectivity index (χ0) is 34.7. The Balaban J connectivity index is 2.41. The van der Waals surface area contributed by atoms with Crippen molar-refractivity contribution in [2.75, 3.05) is 25.1 Å². The van der Waals surface area contributed by atoms with Crippen LogP contribution in [-0.4, -0.2) is 87.1 Å². The highest BCUT2D eigenvalue weighted by Crippen LogP contribution is 2.20. The van der Waals surface area contributed by atoms with Crippen molar-refractivity contribution in [2.24, 2.45) is 11.1 Å². The largest absolute Gasteiger partial charge is 0.444 e. The number of carbonyl (C=O) groups excluding carboxylic acids is 2. The van der Waals surface area contributed by atoms with E-state index in [2.05, 4.69) is 15.8 Å². The summed E-state index contributed by atoms with van der Waals surface area (Å²) in [5.41, 5.74) is 0.392. The molecule has 0 aliphatic rings. The van der Waals surface area contributed by atoms with E-state index in [9.17, 15) is 36.4 Å². The fraction of sp³-hybridized carbons (Fsp3) is 0.548. The number of sulfone groups is 1. The van der Waals surface area contributed by atoms with Crippen LogP contribution in [0.4, 0.5) is 4.79 Å². The zero-order valence-electron chi connectivity index (χ0n) is 27.2. The molecule has 0 bridgehead atoms. The Morgan fingerprint density at radius 1 is 0.935 bits per heavy atom. The minimum atomic E-state index is -4.12. The van der Waals surface area contributed by atoms with Crippen LogP contribution in [0.25, 0.3) is 0 Å². The average Bonchev–Trinajstić information content (AvgIpc) is 2.93. The van der Waals surface area contributed by atoms with Crippen LogP contribution in [0.3, 0.4) is 0 Å². The summed E-state index contributed by atoms with van der Waals surface area (Å²) in [5.74, 6) is -1.30. The molecule has 0 aliphatic heterocycles. The third kappa shape index (κ3) is 13.5. The first-order chi connectivity index (χ1) is 21.3. The number of nitroso groups, excluding NO2 is 1. The van der Waals surface area contributed by atoms with Crippen LogP contribution in [0, 0.1) is 10.8 Å². The fourth-order valence-electron chi connectivity index (χ4n) is 4.49. The number of carbonyl (C=O) groups is 2. The fourth-order valence-corrected chi connectivity index (χ4v) is 6.77. The van der Waals surface area contributed by atoms with Gasteiger partial charge in [-0.3, -0.25) is 4.79 Å². The molecular formula is C31H46N4O9S2. The standard InChI is InChI=1S/C31H46N4O9S2/c1-22(2)20-35(46(42,43)25-14-12-24(13-15-25)19-32-39)21-28(36)27(18-23-10-8-7-9-11-23)33-29(37)26(16-17-45(6,40)41)34-30(38)44-31(3,4)5/h7-15,22,26-28,36H,16-21H2,1-6H3,(H,33,37)(H,34,38)/t26-,27-,28+/m0/s1. The van der Waals surface area contributed by atoms with E-state index in [4.69, 9.17) is 4.74 Å². The molecule has 2 rings (SSSR count). The van der Waals surface area contributed by atoms with Gasteiger partial charge >= 0.3 is 6.09 Å². The second-order valence-electron chi connectivity index (χ2n) is 12.6. The normalized spacial score (nSPS) is 14.4. The van der Waals surface area contributed by atoms with Crippen molar-refractivity contribution in [2.45, 2.75) is 82.7 Å². The van der Waals surface area contributed by atoms with Crippen molar-refractivity contribution < 1.29 is 36.3 Å². The molecular weight excluding hydrogens is 636 g/mol. The highest BCUT2D eigenvalue weighted by molar-refractivity contribution is 7.90. The van der Waals surface area contributed by atoms with Gasteiger partial charge in [-0.2, -0.15) is 9.21 Å². The molecule has 46 heavy (non-hydrogen) atoms. The quantitative estimate of drug-likeness (QED) is 0.211. The molecule has 3 N–H and O–H groups in total. The van der Waals surface area contributed by atoms with Gasteiger partial charge in [0.2, 0.25) is 15.9 Å². The molecule has 256 valence electrons. The Bertz CT molecular complexity index is 1510. The van der Waals surface area contributed by atoms with E-state index >= 15 is 0 Å². The highest BCUT2D eigenvalue weighted by atomic mass is 32.2. The molecule has 15 heteroatoms. The Kier molecular flexibility index (Phi) is 14.3. The molecule has 0 unspecified atom stereocenters. The number of benzene rings is 2. The van der Waals surface area contributed by atoms with E-state index in [0.29, 0.717) is 5.56 Å². The molecule has 0 aromatic heterocycles. The molecule has 0 aliphatic carbocycles. The lowest BCUT2D eigenvalue weighted by Gasteiger charge is -2.32. The number of sulfonamides is 1. The lowest BCUT2D eigenvalue weighted by molar-refractivity contribution is -0.124. The van der Waals surface area contributed by atoms with Gasteiger partial charge in [0.15, 0.2) is 0 Å². The summed E-state index contributed by atoms with van der Waals surface area (Å²) >= 11 is 0. The predicted molar refractivity (Wildman–Crippen MR) is 175 cm³/mol. The lowest BCUT2D eigenvalue weighted by Crippen LogP contribution is -2.56. The molecule has 0 fully saturated rings. The number of hydrogen-bond acceptors (Lipinski definition) is 10. The summed E-state index contributed by atoms with van der Waals surface area (Å²) in [6.07, 6.45) is -1.50. The van der Waals surface area contributed by atoms with E-state index in [1.807, 2.05) is 13.8 Å².